The minimum atomic E-state index is -0.277. The number of ether oxygens (including phenoxy) is 2. The lowest BCUT2D eigenvalue weighted by molar-refractivity contribution is 0.0122. The standard InChI is InChI=1S/C21H29N3O4/c1-15(2)27-19-7-5-4-6-17(19)23-21(25)22-14-18(20-9-8-16(3)28-20)24-10-12-26-13-11-24/h4-9,15,18H,10-14H2,1-3H3,(H2,22,23,25). The second-order valence-electron chi connectivity index (χ2n) is 7.11. The van der Waals surface area contributed by atoms with Crippen LogP contribution >= 0.6 is 0 Å². The third-order valence-corrected chi connectivity index (χ3v) is 4.53. The second-order valence-corrected chi connectivity index (χ2v) is 7.11. The zero-order valence-electron chi connectivity index (χ0n) is 16.7. The Balaban J connectivity index is 1.64. The highest BCUT2D eigenvalue weighted by Gasteiger charge is 2.25. The Kier molecular flexibility index (Phi) is 6.95. The Morgan fingerprint density at radius 3 is 2.61 bits per heavy atom. The number of nitrogens with zero attached hydrogens (tertiary/aromatic N) is 1. The van der Waals surface area contributed by atoms with Gasteiger partial charge in [-0.25, -0.2) is 4.79 Å². The first-order chi connectivity index (χ1) is 13.5. The first kappa shape index (κ1) is 20.2. The molecule has 1 fully saturated rings. The lowest BCUT2D eigenvalue weighted by Gasteiger charge is -2.33. The van der Waals surface area contributed by atoms with Gasteiger partial charge >= 0.3 is 6.03 Å². The number of urea groups is 1. The number of anilines is 1. The topological polar surface area (TPSA) is 76.0 Å². The van der Waals surface area contributed by atoms with Gasteiger partial charge in [-0.2, -0.15) is 0 Å². The van der Waals surface area contributed by atoms with Gasteiger partial charge in [-0.1, -0.05) is 12.1 Å². The van der Waals surface area contributed by atoms with E-state index in [0.717, 1.165) is 24.6 Å². The molecule has 2 aromatic rings. The van der Waals surface area contributed by atoms with Crippen LogP contribution in [0.25, 0.3) is 0 Å². The third kappa shape index (κ3) is 5.50. The number of nitrogens with one attached hydrogen (secondary N) is 2. The van der Waals surface area contributed by atoms with Crippen molar-refractivity contribution in [3.63, 3.8) is 0 Å². The van der Waals surface area contributed by atoms with Gasteiger partial charge in [0.1, 0.15) is 17.3 Å². The zero-order valence-corrected chi connectivity index (χ0v) is 16.7. The van der Waals surface area contributed by atoms with E-state index in [2.05, 4.69) is 15.5 Å². The minimum Gasteiger partial charge on any atom is -0.489 e. The van der Waals surface area contributed by atoms with E-state index >= 15 is 0 Å². The molecule has 2 amide bonds. The Morgan fingerprint density at radius 1 is 1.18 bits per heavy atom. The largest absolute Gasteiger partial charge is 0.489 e. The van der Waals surface area contributed by atoms with Crippen molar-refractivity contribution in [3.05, 3.63) is 47.9 Å². The van der Waals surface area contributed by atoms with Crippen LogP contribution in [0.4, 0.5) is 10.5 Å². The number of morpholine rings is 1. The smallest absolute Gasteiger partial charge is 0.319 e. The summed E-state index contributed by atoms with van der Waals surface area (Å²) in [6.45, 7) is 9.24. The number of furan rings is 1. The number of hydrogen-bond acceptors (Lipinski definition) is 5. The van der Waals surface area contributed by atoms with Gasteiger partial charge in [-0.05, 0) is 45.0 Å². The van der Waals surface area contributed by atoms with E-state index in [1.807, 2.05) is 57.2 Å². The van der Waals surface area contributed by atoms with Crippen LogP contribution < -0.4 is 15.4 Å². The number of aryl methyl sites for hydroxylation is 1. The SMILES string of the molecule is Cc1ccc(C(CNC(=O)Nc2ccccc2OC(C)C)N2CCOCC2)o1. The van der Waals surface area contributed by atoms with Crippen molar-refractivity contribution in [1.29, 1.82) is 0 Å². The molecule has 0 spiro atoms. The van der Waals surface area contributed by atoms with Crippen molar-refractivity contribution < 1.29 is 18.7 Å². The molecule has 2 N–H and O–H groups in total. The van der Waals surface area contributed by atoms with Crippen LogP contribution in [0.15, 0.2) is 40.8 Å². The fourth-order valence-electron chi connectivity index (χ4n) is 3.21. The van der Waals surface area contributed by atoms with Crippen LogP contribution in [0.1, 0.15) is 31.4 Å². The van der Waals surface area contributed by atoms with Crippen molar-refractivity contribution in [3.8, 4) is 5.75 Å². The van der Waals surface area contributed by atoms with Crippen molar-refractivity contribution >= 4 is 11.7 Å². The third-order valence-electron chi connectivity index (χ3n) is 4.53. The number of benzene rings is 1. The highest BCUT2D eigenvalue weighted by Crippen LogP contribution is 2.25. The summed E-state index contributed by atoms with van der Waals surface area (Å²) in [6.07, 6.45) is 0.0268. The molecule has 28 heavy (non-hydrogen) atoms. The van der Waals surface area contributed by atoms with Crippen molar-refractivity contribution in [2.75, 3.05) is 38.2 Å². The molecule has 0 bridgehead atoms. The van der Waals surface area contributed by atoms with E-state index in [1.165, 1.54) is 0 Å². The summed E-state index contributed by atoms with van der Waals surface area (Å²) >= 11 is 0. The second kappa shape index (κ2) is 9.61. The normalized spacial score (nSPS) is 16.0. The summed E-state index contributed by atoms with van der Waals surface area (Å²) in [6, 6.07) is 11.0. The predicted molar refractivity (Wildman–Crippen MR) is 108 cm³/mol. The van der Waals surface area contributed by atoms with Gasteiger partial charge in [0, 0.05) is 19.6 Å². The van der Waals surface area contributed by atoms with Gasteiger partial charge in [0.15, 0.2) is 0 Å². The maximum Gasteiger partial charge on any atom is 0.319 e. The minimum absolute atomic E-state index is 0.0268. The molecule has 0 radical (unpaired) electrons. The maximum absolute atomic E-state index is 12.5. The van der Waals surface area contributed by atoms with Gasteiger partial charge in [-0.3, -0.25) is 4.90 Å². The predicted octanol–water partition coefficient (Wildman–Crippen LogP) is 3.57. The fourth-order valence-corrected chi connectivity index (χ4v) is 3.21. The molecule has 1 aliphatic heterocycles. The molecule has 1 aromatic carbocycles. The van der Waals surface area contributed by atoms with Gasteiger partial charge in [0.25, 0.3) is 0 Å². The van der Waals surface area contributed by atoms with Crippen molar-refractivity contribution in [2.45, 2.75) is 32.9 Å². The number of carbonyl (C=O) groups excluding carboxylic acids is 1. The average molecular weight is 387 g/mol. The molecule has 3 rings (SSSR count). The van der Waals surface area contributed by atoms with Gasteiger partial charge < -0.3 is 24.5 Å². The molecule has 1 aromatic heterocycles. The van der Waals surface area contributed by atoms with E-state index < -0.39 is 0 Å². The summed E-state index contributed by atoms with van der Waals surface area (Å²) < 4.78 is 17.1. The van der Waals surface area contributed by atoms with Crippen LogP contribution in [-0.2, 0) is 4.74 Å². The summed E-state index contributed by atoms with van der Waals surface area (Å²) in [7, 11) is 0. The summed E-state index contributed by atoms with van der Waals surface area (Å²) in [5, 5.41) is 5.85. The van der Waals surface area contributed by atoms with Gasteiger partial charge in [-0.15, -0.1) is 0 Å². The number of carbonyl (C=O) groups is 1. The quantitative estimate of drug-likeness (QED) is 0.760. The first-order valence-corrected chi connectivity index (χ1v) is 9.71. The zero-order chi connectivity index (χ0) is 19.9. The molecular weight excluding hydrogens is 358 g/mol. The highest BCUT2D eigenvalue weighted by molar-refractivity contribution is 5.90. The maximum atomic E-state index is 12.5. The molecule has 7 heteroatoms. The van der Waals surface area contributed by atoms with Gasteiger partial charge in [0.05, 0.1) is 31.0 Å². The molecule has 0 saturated carbocycles. The van der Waals surface area contributed by atoms with Gasteiger partial charge in [0.2, 0.25) is 0 Å². The average Bonchev–Trinajstić information content (AvgIpc) is 3.10. The van der Waals surface area contributed by atoms with Crippen molar-refractivity contribution in [2.24, 2.45) is 0 Å². The highest BCUT2D eigenvalue weighted by atomic mass is 16.5. The number of rotatable bonds is 7. The van der Waals surface area contributed by atoms with E-state index in [-0.39, 0.29) is 18.2 Å². The monoisotopic (exact) mass is 387 g/mol. The Labute approximate surface area is 166 Å². The van der Waals surface area contributed by atoms with Crippen LogP contribution in [0, 0.1) is 6.92 Å². The van der Waals surface area contributed by atoms with Crippen LogP contribution in [0.3, 0.4) is 0 Å². The first-order valence-electron chi connectivity index (χ1n) is 9.71. The van der Waals surface area contributed by atoms with Crippen LogP contribution in [0.5, 0.6) is 5.75 Å². The van der Waals surface area contributed by atoms with E-state index in [9.17, 15) is 4.79 Å². The number of para-hydroxylation sites is 2. The summed E-state index contributed by atoms with van der Waals surface area (Å²) in [5.74, 6) is 2.36. The van der Waals surface area contributed by atoms with Crippen molar-refractivity contribution in [1.82, 2.24) is 10.2 Å². The Bertz CT molecular complexity index is 769. The molecule has 1 unspecified atom stereocenters. The molecule has 1 atom stereocenters. The molecule has 7 nitrogen and oxygen atoms in total. The van der Waals surface area contributed by atoms with Crippen LogP contribution in [0.2, 0.25) is 0 Å². The molecule has 1 aliphatic rings. The van der Waals surface area contributed by atoms with E-state index in [4.69, 9.17) is 13.9 Å². The Hall–Kier alpha value is -2.51. The fraction of sp³-hybridized carbons (Fsp3) is 0.476. The number of amides is 2. The van der Waals surface area contributed by atoms with E-state index in [1.54, 1.807) is 0 Å². The molecule has 152 valence electrons. The summed E-state index contributed by atoms with van der Waals surface area (Å²) in [4.78, 5) is 14.8. The molecule has 1 saturated heterocycles. The number of hydrogen-bond donors (Lipinski definition) is 2. The lowest BCUT2D eigenvalue weighted by atomic mass is 10.1. The lowest BCUT2D eigenvalue weighted by Crippen LogP contribution is -2.44. The molecule has 2 heterocycles. The van der Waals surface area contributed by atoms with Crippen LogP contribution in [-0.4, -0.2) is 49.9 Å². The summed E-state index contributed by atoms with van der Waals surface area (Å²) in [5.41, 5.74) is 0.644. The molecule has 0 aliphatic carbocycles. The molecular formula is C21H29N3O4. The van der Waals surface area contributed by atoms with E-state index in [0.29, 0.717) is 31.2 Å². The Morgan fingerprint density at radius 2 is 1.93 bits per heavy atom.